The number of carbonyl (C=O) groups is 1. The van der Waals surface area contributed by atoms with Gasteiger partial charge in [-0.05, 0) is 19.3 Å². The minimum atomic E-state index is -0.269. The first kappa shape index (κ1) is 32.6. The van der Waals surface area contributed by atoms with Crippen molar-refractivity contribution in [1.29, 1.82) is 0 Å². The van der Waals surface area contributed by atoms with Crippen LogP contribution in [0.25, 0.3) is 0 Å². The Morgan fingerprint density at radius 3 is 1.18 bits per heavy atom. The van der Waals surface area contributed by atoms with Gasteiger partial charge in [-0.25, -0.2) is 0 Å². The second kappa shape index (κ2) is 27.9. The molecule has 0 fully saturated rings. The van der Waals surface area contributed by atoms with Gasteiger partial charge in [0.15, 0.2) is 0 Å². The second-order valence-electron chi connectivity index (χ2n) is 10.7. The zero-order chi connectivity index (χ0) is 24.2. The molecule has 0 unspecified atom stereocenters. The number of hydrogen-bond donors (Lipinski definition) is 1. The molecule has 0 saturated carbocycles. The Kier molecular flexibility index (Phi) is 27.6. The Balaban J connectivity index is 3.28. The molecule has 0 amide bonds. The lowest BCUT2D eigenvalue weighted by Crippen LogP contribution is -2.09. The lowest BCUT2D eigenvalue weighted by atomic mass is 10.0. The van der Waals surface area contributed by atoms with Crippen molar-refractivity contribution in [3.05, 3.63) is 0 Å². The lowest BCUT2D eigenvalue weighted by Gasteiger charge is -2.10. The normalized spacial score (nSPS) is 12.3. The molecule has 0 aromatic rings. The molecule has 0 aromatic heterocycles. The topological polar surface area (TPSA) is 37.3 Å². The number of carbonyl (C=O) groups excluding carboxylic acids is 1. The third-order valence-electron chi connectivity index (χ3n) is 7.21. The molecule has 0 saturated heterocycles. The fourth-order valence-corrected chi connectivity index (χ4v) is 4.80. The summed E-state index contributed by atoms with van der Waals surface area (Å²) >= 11 is 0. The van der Waals surface area contributed by atoms with Gasteiger partial charge < -0.3 is 5.11 Å². The molecule has 0 rings (SSSR count). The van der Waals surface area contributed by atoms with Crippen LogP contribution < -0.4 is 0 Å². The van der Waals surface area contributed by atoms with Crippen molar-refractivity contribution in [2.75, 3.05) is 0 Å². The summed E-state index contributed by atoms with van der Waals surface area (Å²) in [5.74, 6) is 0.361. The van der Waals surface area contributed by atoms with Crippen LogP contribution >= 0.6 is 0 Å². The SMILES string of the molecule is CCCCCCCCCCCCCCCC(=O)CC[C@H](O)CCCCCCCCCCCC. The summed E-state index contributed by atoms with van der Waals surface area (Å²) in [6, 6.07) is 0. The average Bonchev–Trinajstić information content (AvgIpc) is 2.82. The van der Waals surface area contributed by atoms with E-state index in [9.17, 15) is 9.90 Å². The molecule has 0 radical (unpaired) electrons. The van der Waals surface area contributed by atoms with Crippen molar-refractivity contribution in [3.63, 3.8) is 0 Å². The van der Waals surface area contributed by atoms with Gasteiger partial charge in [0.25, 0.3) is 0 Å². The fourth-order valence-electron chi connectivity index (χ4n) is 4.80. The van der Waals surface area contributed by atoms with E-state index in [0.29, 0.717) is 18.6 Å². The smallest absolute Gasteiger partial charge is 0.133 e. The minimum Gasteiger partial charge on any atom is -0.393 e. The van der Waals surface area contributed by atoms with Crippen LogP contribution in [0.4, 0.5) is 0 Å². The van der Waals surface area contributed by atoms with Gasteiger partial charge >= 0.3 is 0 Å². The van der Waals surface area contributed by atoms with Crippen molar-refractivity contribution in [2.24, 2.45) is 0 Å². The summed E-state index contributed by atoms with van der Waals surface area (Å²) in [5, 5.41) is 10.2. The van der Waals surface area contributed by atoms with E-state index >= 15 is 0 Å². The maximum atomic E-state index is 12.1. The average molecular weight is 467 g/mol. The van der Waals surface area contributed by atoms with Gasteiger partial charge in [-0.1, -0.05) is 155 Å². The van der Waals surface area contributed by atoms with E-state index in [2.05, 4.69) is 13.8 Å². The third-order valence-corrected chi connectivity index (χ3v) is 7.21. The van der Waals surface area contributed by atoms with Crippen LogP contribution in [0.1, 0.15) is 187 Å². The molecule has 0 spiro atoms. The first-order valence-electron chi connectivity index (χ1n) is 15.4. The van der Waals surface area contributed by atoms with Crippen molar-refractivity contribution in [1.82, 2.24) is 0 Å². The molecule has 2 nitrogen and oxygen atoms in total. The van der Waals surface area contributed by atoms with Crippen molar-refractivity contribution in [2.45, 2.75) is 193 Å². The van der Waals surface area contributed by atoms with E-state index in [1.165, 1.54) is 135 Å². The standard InChI is InChI=1S/C31H62O2/c1-3-5-7-9-11-13-15-16-17-19-21-23-25-27-31(33)29-28-30(32)26-24-22-20-18-14-12-10-8-6-4-2/h30,32H,3-29H2,1-2H3/t30-/m1/s1. The molecule has 1 atom stereocenters. The summed E-state index contributed by atoms with van der Waals surface area (Å²) in [7, 11) is 0. The van der Waals surface area contributed by atoms with Crippen molar-refractivity contribution < 1.29 is 9.90 Å². The molecule has 1 N–H and O–H groups in total. The Labute approximate surface area is 209 Å². The lowest BCUT2D eigenvalue weighted by molar-refractivity contribution is -0.119. The monoisotopic (exact) mass is 466 g/mol. The number of ketones is 1. The first-order chi connectivity index (χ1) is 16.2. The maximum Gasteiger partial charge on any atom is 0.133 e. The molecule has 33 heavy (non-hydrogen) atoms. The number of hydrogen-bond acceptors (Lipinski definition) is 2. The van der Waals surface area contributed by atoms with Gasteiger partial charge in [-0.2, -0.15) is 0 Å². The molecule has 0 aromatic carbocycles. The Morgan fingerprint density at radius 2 is 0.788 bits per heavy atom. The number of rotatable bonds is 28. The van der Waals surface area contributed by atoms with Gasteiger partial charge in [0.05, 0.1) is 6.10 Å². The number of Topliss-reactive ketones (excluding diaryl/α,β-unsaturated/α-hetero) is 1. The molecular formula is C31H62O2. The Hall–Kier alpha value is -0.370. The molecule has 198 valence electrons. The number of aliphatic hydroxyl groups excluding tert-OH is 1. The van der Waals surface area contributed by atoms with Gasteiger partial charge in [0.2, 0.25) is 0 Å². The summed E-state index contributed by atoms with van der Waals surface area (Å²) in [6.45, 7) is 4.55. The minimum absolute atomic E-state index is 0.269. The summed E-state index contributed by atoms with van der Waals surface area (Å²) < 4.78 is 0. The molecule has 0 heterocycles. The van der Waals surface area contributed by atoms with Crippen LogP contribution in [0.5, 0.6) is 0 Å². The van der Waals surface area contributed by atoms with Gasteiger partial charge in [0, 0.05) is 12.8 Å². The van der Waals surface area contributed by atoms with E-state index in [1.54, 1.807) is 0 Å². The summed E-state index contributed by atoms with van der Waals surface area (Å²) in [6.07, 6.45) is 33.4. The molecule has 0 aliphatic heterocycles. The number of unbranched alkanes of at least 4 members (excludes halogenated alkanes) is 21. The summed E-state index contributed by atoms with van der Waals surface area (Å²) in [5.41, 5.74) is 0. The van der Waals surface area contributed by atoms with Crippen molar-refractivity contribution >= 4 is 5.78 Å². The van der Waals surface area contributed by atoms with Crippen LogP contribution in [0.3, 0.4) is 0 Å². The van der Waals surface area contributed by atoms with Crippen LogP contribution in [-0.4, -0.2) is 17.0 Å². The van der Waals surface area contributed by atoms with Gasteiger partial charge in [-0.3, -0.25) is 4.79 Å². The molecule has 0 bridgehead atoms. The van der Waals surface area contributed by atoms with E-state index in [0.717, 1.165) is 25.7 Å². The van der Waals surface area contributed by atoms with Crippen LogP contribution in [0.15, 0.2) is 0 Å². The Bertz CT molecular complexity index is 379. The van der Waals surface area contributed by atoms with E-state index < -0.39 is 0 Å². The maximum absolute atomic E-state index is 12.1. The quantitative estimate of drug-likeness (QED) is 0.116. The van der Waals surface area contributed by atoms with E-state index in [4.69, 9.17) is 0 Å². The van der Waals surface area contributed by atoms with Gasteiger partial charge in [-0.15, -0.1) is 0 Å². The Morgan fingerprint density at radius 1 is 0.455 bits per heavy atom. The molecule has 2 heteroatoms. The molecule has 0 aliphatic carbocycles. The highest BCUT2D eigenvalue weighted by Crippen LogP contribution is 2.15. The molecular weight excluding hydrogens is 404 g/mol. The van der Waals surface area contributed by atoms with Crippen molar-refractivity contribution in [3.8, 4) is 0 Å². The van der Waals surface area contributed by atoms with Crippen LogP contribution in [0.2, 0.25) is 0 Å². The number of aliphatic hydroxyl groups is 1. The predicted octanol–water partition coefficient (Wildman–Crippen LogP) is 10.5. The zero-order valence-electron chi connectivity index (χ0n) is 23.0. The third kappa shape index (κ3) is 27.8. The highest BCUT2D eigenvalue weighted by molar-refractivity contribution is 5.78. The first-order valence-corrected chi connectivity index (χ1v) is 15.4. The fraction of sp³-hybridized carbons (Fsp3) is 0.968. The second-order valence-corrected chi connectivity index (χ2v) is 10.7. The van der Waals surface area contributed by atoms with Crippen LogP contribution in [-0.2, 0) is 4.79 Å². The summed E-state index contributed by atoms with van der Waals surface area (Å²) in [4.78, 5) is 12.1. The van der Waals surface area contributed by atoms with Gasteiger partial charge in [0.1, 0.15) is 5.78 Å². The van der Waals surface area contributed by atoms with Crippen LogP contribution in [0, 0.1) is 0 Å². The predicted molar refractivity (Wildman–Crippen MR) is 147 cm³/mol. The highest BCUT2D eigenvalue weighted by Gasteiger charge is 2.08. The zero-order valence-corrected chi connectivity index (χ0v) is 23.0. The highest BCUT2D eigenvalue weighted by atomic mass is 16.3. The van der Waals surface area contributed by atoms with E-state index in [-0.39, 0.29) is 6.10 Å². The molecule has 0 aliphatic rings. The largest absolute Gasteiger partial charge is 0.393 e. The van der Waals surface area contributed by atoms with E-state index in [1.807, 2.05) is 0 Å².